The summed E-state index contributed by atoms with van der Waals surface area (Å²) in [6, 6.07) is 14.8. The predicted octanol–water partition coefficient (Wildman–Crippen LogP) is 6.98. The molecule has 0 N–H and O–H groups in total. The molecule has 1 unspecified atom stereocenters. The van der Waals surface area contributed by atoms with E-state index in [0.29, 0.717) is 0 Å². The monoisotopic (exact) mass is 354 g/mol. The predicted molar refractivity (Wildman–Crippen MR) is 107 cm³/mol. The number of furan rings is 1. The first kappa shape index (κ1) is 18.1. The zero-order valence-corrected chi connectivity index (χ0v) is 17.1. The summed E-state index contributed by atoms with van der Waals surface area (Å²) in [4.78, 5) is 0. The molecule has 3 rings (SSSR count). The molecule has 0 saturated heterocycles. The van der Waals surface area contributed by atoms with E-state index in [1.165, 1.54) is 17.6 Å². The van der Waals surface area contributed by atoms with Gasteiger partial charge in [0.2, 0.25) is 8.32 Å². The molecule has 2 aromatic rings. The van der Waals surface area contributed by atoms with Gasteiger partial charge in [-0.2, -0.15) is 0 Å². The quantitative estimate of drug-likeness (QED) is 0.553. The smallest absolute Gasteiger partial charge is 0.250 e. The number of hydrogen-bond donors (Lipinski definition) is 0. The van der Waals surface area contributed by atoms with Gasteiger partial charge in [0.25, 0.3) is 0 Å². The van der Waals surface area contributed by atoms with E-state index in [0.717, 1.165) is 24.4 Å². The second kappa shape index (κ2) is 6.87. The fourth-order valence-corrected chi connectivity index (χ4v) is 4.32. The van der Waals surface area contributed by atoms with E-state index in [1.54, 1.807) is 6.26 Å². The Balaban J connectivity index is 2.09. The van der Waals surface area contributed by atoms with Crippen LogP contribution in [0.2, 0.25) is 18.1 Å². The molecular weight excluding hydrogens is 324 g/mol. The van der Waals surface area contributed by atoms with Crippen LogP contribution in [0.1, 0.15) is 57.3 Å². The average Bonchev–Trinajstić information content (AvgIpc) is 3.09. The average molecular weight is 355 g/mol. The highest BCUT2D eigenvalue weighted by Crippen LogP contribution is 2.47. The van der Waals surface area contributed by atoms with Crippen molar-refractivity contribution in [2.75, 3.05) is 0 Å². The maximum absolute atomic E-state index is 6.91. The molecule has 0 amide bonds. The molecule has 134 valence electrons. The SMILES string of the molecule is CC(C)(C)[Si](C)(C)OC1=C(c2ccccc2)CCCC1c1ccco1. The van der Waals surface area contributed by atoms with Crippen LogP contribution in [0.3, 0.4) is 0 Å². The van der Waals surface area contributed by atoms with Crippen molar-refractivity contribution in [3.8, 4) is 0 Å². The van der Waals surface area contributed by atoms with Crippen LogP contribution in [-0.4, -0.2) is 8.32 Å². The van der Waals surface area contributed by atoms with E-state index in [9.17, 15) is 0 Å². The van der Waals surface area contributed by atoms with Crippen molar-refractivity contribution in [3.05, 3.63) is 65.8 Å². The lowest BCUT2D eigenvalue weighted by molar-refractivity contribution is 0.315. The zero-order chi connectivity index (χ0) is 18.1. The minimum atomic E-state index is -1.92. The van der Waals surface area contributed by atoms with Crippen LogP contribution in [-0.2, 0) is 4.43 Å². The van der Waals surface area contributed by atoms with Gasteiger partial charge in [-0.15, -0.1) is 0 Å². The zero-order valence-electron chi connectivity index (χ0n) is 16.1. The summed E-state index contributed by atoms with van der Waals surface area (Å²) < 4.78 is 12.7. The molecule has 1 aliphatic rings. The van der Waals surface area contributed by atoms with Gasteiger partial charge in [-0.25, -0.2) is 0 Å². The van der Waals surface area contributed by atoms with Crippen LogP contribution in [0.25, 0.3) is 5.57 Å². The maximum Gasteiger partial charge on any atom is 0.250 e. The fraction of sp³-hybridized carbons (Fsp3) is 0.455. The molecule has 0 spiro atoms. The standard InChI is InChI=1S/C22H30O2Si/c1-22(2,3)25(4,5)24-21-18(17-11-7-6-8-12-17)13-9-14-19(21)20-15-10-16-23-20/h6-8,10-12,15-16,19H,9,13-14H2,1-5H3. The minimum Gasteiger partial charge on any atom is -0.546 e. The van der Waals surface area contributed by atoms with Crippen LogP contribution >= 0.6 is 0 Å². The van der Waals surface area contributed by atoms with Crippen molar-refractivity contribution >= 4 is 13.9 Å². The van der Waals surface area contributed by atoms with Gasteiger partial charge in [-0.1, -0.05) is 51.1 Å². The largest absolute Gasteiger partial charge is 0.546 e. The van der Waals surface area contributed by atoms with E-state index in [1.807, 2.05) is 6.07 Å². The molecule has 0 bridgehead atoms. The number of benzene rings is 1. The lowest BCUT2D eigenvalue weighted by Gasteiger charge is -2.41. The van der Waals surface area contributed by atoms with Crippen molar-refractivity contribution in [2.45, 2.75) is 64.1 Å². The number of allylic oxidation sites excluding steroid dienone is 2. The van der Waals surface area contributed by atoms with Gasteiger partial charge in [0.1, 0.15) is 5.76 Å². The Bertz CT molecular complexity index is 721. The summed E-state index contributed by atoms with van der Waals surface area (Å²) >= 11 is 0. The Morgan fingerprint density at radius 2 is 1.76 bits per heavy atom. The number of rotatable bonds is 4. The highest BCUT2D eigenvalue weighted by molar-refractivity contribution is 6.74. The Kier molecular flexibility index (Phi) is 4.96. The van der Waals surface area contributed by atoms with Gasteiger partial charge in [0.05, 0.1) is 17.9 Å². The maximum atomic E-state index is 6.91. The third kappa shape index (κ3) is 3.76. The first-order valence-corrected chi connectivity index (χ1v) is 12.2. The minimum absolute atomic E-state index is 0.174. The van der Waals surface area contributed by atoms with Crippen LogP contribution in [0, 0.1) is 0 Å². The van der Waals surface area contributed by atoms with E-state index >= 15 is 0 Å². The summed E-state index contributed by atoms with van der Waals surface area (Å²) in [5, 5.41) is 0.174. The van der Waals surface area contributed by atoms with Crippen molar-refractivity contribution in [2.24, 2.45) is 0 Å². The lowest BCUT2D eigenvalue weighted by Crippen LogP contribution is -2.41. The first-order valence-electron chi connectivity index (χ1n) is 9.30. The molecule has 3 heteroatoms. The first-order chi connectivity index (χ1) is 11.8. The van der Waals surface area contributed by atoms with Gasteiger partial charge in [-0.3, -0.25) is 0 Å². The second-order valence-electron chi connectivity index (χ2n) is 8.53. The van der Waals surface area contributed by atoms with Gasteiger partial charge < -0.3 is 8.84 Å². The fourth-order valence-electron chi connectivity index (χ4n) is 3.20. The van der Waals surface area contributed by atoms with Crippen LogP contribution in [0.5, 0.6) is 0 Å². The topological polar surface area (TPSA) is 22.4 Å². The van der Waals surface area contributed by atoms with E-state index < -0.39 is 8.32 Å². The summed E-state index contributed by atoms with van der Waals surface area (Å²) in [5.41, 5.74) is 2.64. The van der Waals surface area contributed by atoms with E-state index in [2.05, 4.69) is 70.3 Å². The van der Waals surface area contributed by atoms with Crippen LogP contribution < -0.4 is 0 Å². The van der Waals surface area contributed by atoms with Gasteiger partial charge >= 0.3 is 0 Å². The third-order valence-corrected chi connectivity index (χ3v) is 10.1. The molecule has 2 nitrogen and oxygen atoms in total. The summed E-state index contributed by atoms with van der Waals surface area (Å²) in [5.74, 6) is 2.41. The molecule has 1 aliphatic carbocycles. The molecule has 1 aromatic heterocycles. The number of hydrogen-bond acceptors (Lipinski definition) is 2. The van der Waals surface area contributed by atoms with E-state index in [-0.39, 0.29) is 11.0 Å². The summed E-state index contributed by atoms with van der Waals surface area (Å²) in [7, 11) is -1.92. The molecule has 0 aliphatic heterocycles. The highest BCUT2D eigenvalue weighted by Gasteiger charge is 2.42. The normalized spacial score (nSPS) is 19.2. The van der Waals surface area contributed by atoms with Crippen molar-refractivity contribution in [1.82, 2.24) is 0 Å². The van der Waals surface area contributed by atoms with Crippen molar-refractivity contribution in [1.29, 1.82) is 0 Å². The molecule has 0 radical (unpaired) electrons. The van der Waals surface area contributed by atoms with Crippen LogP contribution in [0.4, 0.5) is 0 Å². The Morgan fingerprint density at radius 3 is 2.36 bits per heavy atom. The van der Waals surface area contributed by atoms with Crippen molar-refractivity contribution < 1.29 is 8.84 Å². The van der Waals surface area contributed by atoms with Crippen molar-refractivity contribution in [3.63, 3.8) is 0 Å². The Labute approximate surface area is 153 Å². The molecule has 1 aromatic carbocycles. The lowest BCUT2D eigenvalue weighted by atomic mass is 9.84. The summed E-state index contributed by atoms with van der Waals surface area (Å²) in [6.45, 7) is 11.6. The second-order valence-corrected chi connectivity index (χ2v) is 13.3. The third-order valence-electron chi connectivity index (χ3n) is 5.71. The van der Waals surface area contributed by atoms with Crippen LogP contribution in [0.15, 0.2) is 58.9 Å². The summed E-state index contributed by atoms with van der Waals surface area (Å²) in [6.07, 6.45) is 5.11. The highest BCUT2D eigenvalue weighted by atomic mass is 28.4. The molecule has 0 saturated carbocycles. The molecule has 1 atom stereocenters. The van der Waals surface area contributed by atoms with Gasteiger partial charge in [-0.05, 0) is 60.7 Å². The molecular formula is C22H30O2Si. The molecule has 0 fully saturated rings. The Morgan fingerprint density at radius 1 is 1.04 bits per heavy atom. The van der Waals surface area contributed by atoms with Gasteiger partial charge in [0, 0.05) is 0 Å². The van der Waals surface area contributed by atoms with Gasteiger partial charge in [0.15, 0.2) is 0 Å². The molecule has 25 heavy (non-hydrogen) atoms. The Hall–Kier alpha value is -1.74. The molecule has 1 heterocycles. The van der Waals surface area contributed by atoms with E-state index in [4.69, 9.17) is 8.84 Å².